The van der Waals surface area contributed by atoms with Crippen LogP contribution in [0, 0.1) is 0 Å². The van der Waals surface area contributed by atoms with E-state index in [0.29, 0.717) is 11.5 Å². The topological polar surface area (TPSA) is 44.5 Å². The summed E-state index contributed by atoms with van der Waals surface area (Å²) >= 11 is 0. The van der Waals surface area contributed by atoms with Crippen molar-refractivity contribution in [3.8, 4) is 11.5 Å². The van der Waals surface area contributed by atoms with Crippen molar-refractivity contribution in [3.63, 3.8) is 0 Å². The fourth-order valence-corrected chi connectivity index (χ4v) is 1.58. The summed E-state index contributed by atoms with van der Waals surface area (Å²) in [4.78, 5) is 0. The lowest BCUT2D eigenvalue weighted by Gasteiger charge is -2.14. The van der Waals surface area contributed by atoms with E-state index in [2.05, 4.69) is 6.58 Å². The SMILES string of the molecule is C=C(C)C[C@@H](N)c1ccc(OC)c(OC)c1. The monoisotopic (exact) mass is 221 g/mol. The molecule has 0 heterocycles. The van der Waals surface area contributed by atoms with E-state index in [4.69, 9.17) is 15.2 Å². The van der Waals surface area contributed by atoms with Crippen molar-refractivity contribution >= 4 is 0 Å². The van der Waals surface area contributed by atoms with E-state index in [1.165, 1.54) is 0 Å². The number of nitrogens with two attached hydrogens (primary N) is 1. The van der Waals surface area contributed by atoms with Crippen molar-refractivity contribution < 1.29 is 9.47 Å². The van der Waals surface area contributed by atoms with Crippen molar-refractivity contribution in [1.29, 1.82) is 0 Å². The zero-order valence-electron chi connectivity index (χ0n) is 10.1. The molecule has 0 radical (unpaired) electrons. The van der Waals surface area contributed by atoms with Crippen molar-refractivity contribution in [2.24, 2.45) is 5.73 Å². The van der Waals surface area contributed by atoms with Crippen LogP contribution >= 0.6 is 0 Å². The van der Waals surface area contributed by atoms with Gasteiger partial charge in [-0.05, 0) is 31.0 Å². The Morgan fingerprint density at radius 1 is 1.31 bits per heavy atom. The molecule has 0 aliphatic rings. The summed E-state index contributed by atoms with van der Waals surface area (Å²) in [6.45, 7) is 5.83. The molecule has 16 heavy (non-hydrogen) atoms. The first kappa shape index (κ1) is 12.6. The zero-order valence-corrected chi connectivity index (χ0v) is 10.1. The van der Waals surface area contributed by atoms with Crippen LogP contribution in [0.4, 0.5) is 0 Å². The van der Waals surface area contributed by atoms with Gasteiger partial charge in [0, 0.05) is 6.04 Å². The van der Waals surface area contributed by atoms with Gasteiger partial charge in [0.05, 0.1) is 14.2 Å². The Kier molecular flexibility index (Phi) is 4.38. The summed E-state index contributed by atoms with van der Waals surface area (Å²) in [5.41, 5.74) is 8.15. The Bertz CT molecular complexity index is 374. The molecule has 0 aliphatic carbocycles. The van der Waals surface area contributed by atoms with Gasteiger partial charge in [0.2, 0.25) is 0 Å². The quantitative estimate of drug-likeness (QED) is 0.777. The fraction of sp³-hybridized carbons (Fsp3) is 0.385. The van der Waals surface area contributed by atoms with Crippen LogP contribution in [0.3, 0.4) is 0 Å². The van der Waals surface area contributed by atoms with Crippen molar-refractivity contribution in [2.45, 2.75) is 19.4 Å². The summed E-state index contributed by atoms with van der Waals surface area (Å²) < 4.78 is 10.4. The predicted octanol–water partition coefficient (Wildman–Crippen LogP) is 2.67. The lowest BCUT2D eigenvalue weighted by atomic mass is 10.0. The average molecular weight is 221 g/mol. The second-order valence-electron chi connectivity index (χ2n) is 3.88. The highest BCUT2D eigenvalue weighted by Crippen LogP contribution is 2.30. The van der Waals surface area contributed by atoms with Gasteiger partial charge in [-0.2, -0.15) is 0 Å². The summed E-state index contributed by atoms with van der Waals surface area (Å²) in [7, 11) is 3.23. The normalized spacial score (nSPS) is 12.0. The summed E-state index contributed by atoms with van der Waals surface area (Å²) in [6, 6.07) is 5.69. The van der Waals surface area contributed by atoms with E-state index in [1.54, 1.807) is 14.2 Å². The molecule has 88 valence electrons. The summed E-state index contributed by atoms with van der Waals surface area (Å²) in [5.74, 6) is 1.42. The Morgan fingerprint density at radius 3 is 2.44 bits per heavy atom. The molecule has 2 N–H and O–H groups in total. The van der Waals surface area contributed by atoms with Crippen molar-refractivity contribution in [3.05, 3.63) is 35.9 Å². The Morgan fingerprint density at radius 2 is 1.94 bits per heavy atom. The first-order valence-electron chi connectivity index (χ1n) is 5.20. The number of ether oxygens (including phenoxy) is 2. The molecule has 0 saturated carbocycles. The van der Waals surface area contributed by atoms with Crippen LogP contribution in [0.2, 0.25) is 0 Å². The molecule has 0 amide bonds. The van der Waals surface area contributed by atoms with Gasteiger partial charge in [0.1, 0.15) is 0 Å². The van der Waals surface area contributed by atoms with E-state index in [-0.39, 0.29) is 6.04 Å². The van der Waals surface area contributed by atoms with E-state index < -0.39 is 0 Å². The van der Waals surface area contributed by atoms with Gasteiger partial charge in [-0.15, -0.1) is 6.58 Å². The number of rotatable bonds is 5. The highest BCUT2D eigenvalue weighted by Gasteiger charge is 2.10. The number of hydrogen-bond donors (Lipinski definition) is 1. The van der Waals surface area contributed by atoms with E-state index >= 15 is 0 Å². The molecule has 0 spiro atoms. The molecule has 0 unspecified atom stereocenters. The largest absolute Gasteiger partial charge is 0.493 e. The third kappa shape index (κ3) is 3.00. The molecule has 1 aromatic carbocycles. The minimum absolute atomic E-state index is 0.0442. The van der Waals surface area contributed by atoms with Gasteiger partial charge >= 0.3 is 0 Å². The van der Waals surface area contributed by atoms with Crippen LogP contribution in [0.1, 0.15) is 24.9 Å². The maximum atomic E-state index is 6.05. The standard InChI is InChI=1S/C13H19NO2/c1-9(2)7-11(14)10-5-6-12(15-3)13(8-10)16-4/h5-6,8,11H,1,7,14H2,2-4H3/t11-/m1/s1. The van der Waals surface area contributed by atoms with Crippen LogP contribution in [0.5, 0.6) is 11.5 Å². The maximum Gasteiger partial charge on any atom is 0.161 e. The minimum atomic E-state index is -0.0442. The molecule has 0 aromatic heterocycles. The van der Waals surface area contributed by atoms with Gasteiger partial charge < -0.3 is 15.2 Å². The Balaban J connectivity index is 2.93. The third-order valence-electron chi connectivity index (χ3n) is 2.40. The lowest BCUT2D eigenvalue weighted by molar-refractivity contribution is 0.354. The Labute approximate surface area is 96.9 Å². The predicted molar refractivity (Wildman–Crippen MR) is 65.9 cm³/mol. The van der Waals surface area contributed by atoms with Crippen molar-refractivity contribution in [1.82, 2.24) is 0 Å². The molecule has 3 heteroatoms. The first-order chi connectivity index (χ1) is 7.58. The highest BCUT2D eigenvalue weighted by molar-refractivity contribution is 5.43. The van der Waals surface area contributed by atoms with E-state index in [0.717, 1.165) is 17.6 Å². The number of benzene rings is 1. The van der Waals surface area contributed by atoms with Crippen LogP contribution in [-0.2, 0) is 0 Å². The molecule has 1 aromatic rings. The van der Waals surface area contributed by atoms with Crippen molar-refractivity contribution in [2.75, 3.05) is 14.2 Å². The second-order valence-corrected chi connectivity index (χ2v) is 3.88. The van der Waals surface area contributed by atoms with Crippen LogP contribution in [-0.4, -0.2) is 14.2 Å². The molecule has 1 atom stereocenters. The summed E-state index contributed by atoms with van der Waals surface area (Å²) in [5, 5.41) is 0. The molecule has 1 rings (SSSR count). The molecular weight excluding hydrogens is 202 g/mol. The zero-order chi connectivity index (χ0) is 12.1. The van der Waals surface area contributed by atoms with Gasteiger partial charge in [-0.3, -0.25) is 0 Å². The van der Waals surface area contributed by atoms with Crippen LogP contribution < -0.4 is 15.2 Å². The number of methoxy groups -OCH3 is 2. The van der Waals surface area contributed by atoms with E-state index in [1.807, 2.05) is 25.1 Å². The fourth-order valence-electron chi connectivity index (χ4n) is 1.58. The lowest BCUT2D eigenvalue weighted by Crippen LogP contribution is -2.10. The molecular formula is C13H19NO2. The van der Waals surface area contributed by atoms with Gasteiger partial charge in [-0.25, -0.2) is 0 Å². The third-order valence-corrected chi connectivity index (χ3v) is 2.40. The molecule has 3 nitrogen and oxygen atoms in total. The summed E-state index contributed by atoms with van der Waals surface area (Å²) in [6.07, 6.45) is 0.773. The maximum absolute atomic E-state index is 6.05. The minimum Gasteiger partial charge on any atom is -0.493 e. The van der Waals surface area contributed by atoms with Gasteiger partial charge in [0.15, 0.2) is 11.5 Å². The van der Waals surface area contributed by atoms with E-state index in [9.17, 15) is 0 Å². The van der Waals surface area contributed by atoms with Gasteiger partial charge in [-0.1, -0.05) is 11.6 Å². The average Bonchev–Trinajstić information content (AvgIpc) is 2.27. The molecule has 0 aliphatic heterocycles. The highest BCUT2D eigenvalue weighted by atomic mass is 16.5. The smallest absolute Gasteiger partial charge is 0.161 e. The molecule has 0 bridgehead atoms. The van der Waals surface area contributed by atoms with Gasteiger partial charge in [0.25, 0.3) is 0 Å². The van der Waals surface area contributed by atoms with Crippen LogP contribution in [0.15, 0.2) is 30.4 Å². The molecule has 0 saturated heterocycles. The Hall–Kier alpha value is -1.48. The molecule has 0 fully saturated rings. The van der Waals surface area contributed by atoms with Crippen LogP contribution in [0.25, 0.3) is 0 Å². The number of hydrogen-bond acceptors (Lipinski definition) is 3. The second kappa shape index (κ2) is 5.56. The first-order valence-corrected chi connectivity index (χ1v) is 5.20.